The van der Waals surface area contributed by atoms with E-state index in [2.05, 4.69) is 27.2 Å². The van der Waals surface area contributed by atoms with Gasteiger partial charge in [0.25, 0.3) is 11.8 Å². The number of nitrogens with one attached hydrogen (secondary N) is 1. The van der Waals surface area contributed by atoms with E-state index in [4.69, 9.17) is 5.84 Å². The molecule has 0 saturated heterocycles. The molecule has 9 nitrogen and oxygen atoms in total. The number of carbonyl (C=O) groups is 3. The zero-order chi connectivity index (χ0) is 31.2. The molecule has 0 saturated carbocycles. The van der Waals surface area contributed by atoms with E-state index in [1.807, 2.05) is 6.07 Å². The fourth-order valence-corrected chi connectivity index (χ4v) is 4.67. The monoisotopic (exact) mass is 587 g/mol. The molecular formula is C34H26FN5O4. The molecule has 0 radical (unpaired) electrons. The minimum atomic E-state index is -1.16. The van der Waals surface area contributed by atoms with Crippen LogP contribution in [0.4, 0.5) is 4.39 Å². The highest BCUT2D eigenvalue weighted by molar-refractivity contribution is 6.06. The van der Waals surface area contributed by atoms with Crippen molar-refractivity contribution in [2.75, 3.05) is 7.05 Å². The number of nitrogens with two attached hydrogens (primary N) is 1. The van der Waals surface area contributed by atoms with Gasteiger partial charge in [-0.15, -0.1) is 0 Å². The number of hydrogen-bond donors (Lipinski definition) is 3. The zero-order valence-corrected chi connectivity index (χ0v) is 23.5. The first-order chi connectivity index (χ1) is 21.2. The number of carboxylic acid groups (broad SMARTS) is 1. The average Bonchev–Trinajstić information content (AvgIpc) is 3.05. The van der Waals surface area contributed by atoms with Crippen molar-refractivity contribution < 1.29 is 23.9 Å². The summed E-state index contributed by atoms with van der Waals surface area (Å²) in [5.74, 6) is 8.10. The Kier molecular flexibility index (Phi) is 8.69. The molecule has 4 N–H and O–H groups in total. The number of likely N-dealkylation sites (N-methyl/N-ethyl adjacent to an activating group) is 1. The van der Waals surface area contributed by atoms with Gasteiger partial charge in [0.2, 0.25) is 0 Å². The number of benzene rings is 3. The van der Waals surface area contributed by atoms with Gasteiger partial charge >= 0.3 is 5.97 Å². The molecule has 0 fully saturated rings. The molecule has 1 unspecified atom stereocenters. The maximum absolute atomic E-state index is 15.0. The largest absolute Gasteiger partial charge is 0.480 e. The van der Waals surface area contributed by atoms with Crippen molar-refractivity contribution in [3.05, 3.63) is 131 Å². The second kappa shape index (κ2) is 12.9. The Morgan fingerprint density at radius 3 is 2.43 bits per heavy atom. The van der Waals surface area contributed by atoms with E-state index in [1.165, 1.54) is 19.2 Å². The molecular weight excluding hydrogens is 561 g/mol. The van der Waals surface area contributed by atoms with Crippen LogP contribution in [0.1, 0.15) is 37.4 Å². The molecule has 1 atom stereocenters. The van der Waals surface area contributed by atoms with Crippen molar-refractivity contribution in [3.8, 4) is 23.1 Å². The fourth-order valence-electron chi connectivity index (χ4n) is 4.67. The molecule has 2 aromatic heterocycles. The Hall–Kier alpha value is -5.92. The van der Waals surface area contributed by atoms with Crippen LogP contribution in [0.5, 0.6) is 0 Å². The Labute approximate surface area is 252 Å². The van der Waals surface area contributed by atoms with Crippen molar-refractivity contribution >= 4 is 28.7 Å². The number of nitrogens with zero attached hydrogens (tertiary/aromatic N) is 3. The number of carbonyl (C=O) groups excluding carboxylic acids is 2. The zero-order valence-electron chi connectivity index (χ0n) is 23.5. The van der Waals surface area contributed by atoms with Crippen molar-refractivity contribution in [3.63, 3.8) is 0 Å². The number of nitrogen functional groups attached to an aromatic ring is 1. The van der Waals surface area contributed by atoms with Crippen molar-refractivity contribution in [2.24, 2.45) is 5.84 Å². The third-order valence-corrected chi connectivity index (χ3v) is 7.07. The summed E-state index contributed by atoms with van der Waals surface area (Å²) in [5.41, 5.74) is 5.79. The summed E-state index contributed by atoms with van der Waals surface area (Å²) in [6, 6.07) is 22.1. The van der Waals surface area contributed by atoms with E-state index in [-0.39, 0.29) is 17.5 Å². The third-order valence-electron chi connectivity index (χ3n) is 7.07. The molecule has 0 aliphatic rings. The first-order valence-electron chi connectivity index (χ1n) is 13.5. The molecule has 0 aliphatic heterocycles. The standard InChI is InChI=1S/C34H26FN5O4/c1-40(31(34(43)44)17-22-5-3-2-4-6-22)33(42)25-14-13-23(28(35)18-25)10-7-21-8-11-24(12-9-21)30-19-26(32(41)39-36)27-20-37-16-15-29(27)38-30/h2-6,8-9,11-16,18-20,31H,17,36H2,1H3,(H,39,41)(H,43,44). The van der Waals surface area contributed by atoms with Crippen LogP contribution in [0.3, 0.4) is 0 Å². The summed E-state index contributed by atoms with van der Waals surface area (Å²) in [6.07, 6.45) is 3.25. The lowest BCUT2D eigenvalue weighted by atomic mass is 10.0. The van der Waals surface area contributed by atoms with Crippen LogP contribution in [0, 0.1) is 17.7 Å². The summed E-state index contributed by atoms with van der Waals surface area (Å²) in [6.45, 7) is 0. The molecule has 2 amide bonds. The second-order valence-corrected chi connectivity index (χ2v) is 9.90. The first kappa shape index (κ1) is 29.6. The number of pyridine rings is 2. The van der Waals surface area contributed by atoms with Gasteiger partial charge in [0.1, 0.15) is 11.9 Å². The van der Waals surface area contributed by atoms with E-state index in [0.29, 0.717) is 27.7 Å². The number of amides is 2. The molecule has 0 aliphatic carbocycles. The average molecular weight is 588 g/mol. The highest BCUT2D eigenvalue weighted by Gasteiger charge is 2.28. The lowest BCUT2D eigenvalue weighted by Gasteiger charge is -2.25. The summed E-state index contributed by atoms with van der Waals surface area (Å²) in [4.78, 5) is 47.1. The maximum atomic E-state index is 15.0. The van der Waals surface area contributed by atoms with Gasteiger partial charge in [-0.1, -0.05) is 54.3 Å². The first-order valence-corrected chi connectivity index (χ1v) is 13.5. The van der Waals surface area contributed by atoms with Crippen LogP contribution in [-0.4, -0.2) is 50.8 Å². The number of rotatable bonds is 7. The highest BCUT2D eigenvalue weighted by atomic mass is 19.1. The van der Waals surface area contributed by atoms with Gasteiger partial charge in [-0.3, -0.25) is 20.0 Å². The Bertz CT molecular complexity index is 1940. The molecule has 2 heterocycles. The van der Waals surface area contributed by atoms with E-state index >= 15 is 0 Å². The number of fused-ring (bicyclic) bond motifs is 1. The van der Waals surface area contributed by atoms with Crippen molar-refractivity contribution in [1.82, 2.24) is 20.3 Å². The van der Waals surface area contributed by atoms with E-state index in [0.717, 1.165) is 22.1 Å². The Morgan fingerprint density at radius 2 is 1.75 bits per heavy atom. The van der Waals surface area contributed by atoms with Crippen LogP contribution >= 0.6 is 0 Å². The number of halogens is 1. The maximum Gasteiger partial charge on any atom is 0.326 e. The van der Waals surface area contributed by atoms with Gasteiger partial charge in [-0.2, -0.15) is 0 Å². The Balaban J connectivity index is 1.33. The lowest BCUT2D eigenvalue weighted by Crippen LogP contribution is -2.43. The number of aliphatic carboxylic acids is 1. The second-order valence-electron chi connectivity index (χ2n) is 9.90. The predicted molar refractivity (Wildman–Crippen MR) is 163 cm³/mol. The van der Waals surface area contributed by atoms with Gasteiger partial charge in [0.15, 0.2) is 0 Å². The van der Waals surface area contributed by atoms with Gasteiger partial charge in [-0.05, 0) is 48.0 Å². The van der Waals surface area contributed by atoms with Crippen LogP contribution in [0.2, 0.25) is 0 Å². The van der Waals surface area contributed by atoms with Crippen molar-refractivity contribution in [1.29, 1.82) is 0 Å². The molecule has 0 bridgehead atoms. The van der Waals surface area contributed by atoms with E-state index < -0.39 is 29.6 Å². The predicted octanol–water partition coefficient (Wildman–Crippen LogP) is 4.21. The van der Waals surface area contributed by atoms with Gasteiger partial charge in [0, 0.05) is 47.9 Å². The topological polar surface area (TPSA) is 139 Å². The number of hydrazine groups is 1. The molecule has 10 heteroatoms. The van der Waals surface area contributed by atoms with Crippen LogP contribution in [0.25, 0.3) is 22.2 Å². The molecule has 218 valence electrons. The van der Waals surface area contributed by atoms with Crippen molar-refractivity contribution in [2.45, 2.75) is 12.5 Å². The Morgan fingerprint density at radius 1 is 1.00 bits per heavy atom. The van der Waals surface area contributed by atoms with E-state index in [1.54, 1.807) is 73.1 Å². The van der Waals surface area contributed by atoms with E-state index in [9.17, 15) is 23.9 Å². The van der Waals surface area contributed by atoms with Crippen LogP contribution in [-0.2, 0) is 11.2 Å². The molecule has 5 aromatic rings. The quantitative estimate of drug-likeness (QED) is 0.112. The summed E-state index contributed by atoms with van der Waals surface area (Å²) in [7, 11) is 1.39. The number of carboxylic acids is 1. The fraction of sp³-hybridized carbons (Fsp3) is 0.0882. The van der Waals surface area contributed by atoms with Gasteiger partial charge < -0.3 is 10.0 Å². The summed E-state index contributed by atoms with van der Waals surface area (Å²) >= 11 is 0. The minimum Gasteiger partial charge on any atom is -0.480 e. The molecule has 44 heavy (non-hydrogen) atoms. The summed E-state index contributed by atoms with van der Waals surface area (Å²) in [5, 5.41) is 10.3. The highest BCUT2D eigenvalue weighted by Crippen LogP contribution is 2.25. The molecule has 0 spiro atoms. The van der Waals surface area contributed by atoms with Crippen LogP contribution in [0.15, 0.2) is 97.3 Å². The van der Waals surface area contributed by atoms with Gasteiger partial charge in [-0.25, -0.2) is 20.0 Å². The lowest BCUT2D eigenvalue weighted by molar-refractivity contribution is -0.141. The number of aromatic nitrogens is 2. The van der Waals surface area contributed by atoms with Crippen LogP contribution < -0.4 is 11.3 Å². The smallest absolute Gasteiger partial charge is 0.326 e. The third kappa shape index (κ3) is 6.43. The minimum absolute atomic E-state index is 0.0144. The SMILES string of the molecule is CN(C(=O)c1ccc(C#Cc2ccc(-c3cc(C(=O)NN)c4cnccc4n3)cc2)c(F)c1)C(Cc1ccccc1)C(=O)O. The molecule has 5 rings (SSSR count). The van der Waals surface area contributed by atoms with Gasteiger partial charge in [0.05, 0.1) is 22.3 Å². The summed E-state index contributed by atoms with van der Waals surface area (Å²) < 4.78 is 15.0. The molecule has 3 aromatic carbocycles. The number of hydrogen-bond acceptors (Lipinski definition) is 6. The normalized spacial score (nSPS) is 11.2.